The van der Waals surface area contributed by atoms with Crippen LogP contribution in [0.25, 0.3) is 0 Å². The summed E-state index contributed by atoms with van der Waals surface area (Å²) in [4.78, 5) is 1.89. The first-order valence-corrected chi connectivity index (χ1v) is 4.51. The van der Waals surface area contributed by atoms with Crippen LogP contribution in [-0.2, 0) is 6.54 Å². The highest BCUT2D eigenvalue weighted by Crippen LogP contribution is 2.08. The van der Waals surface area contributed by atoms with E-state index in [4.69, 9.17) is 0 Å². The molecule has 0 saturated carbocycles. The largest absolute Gasteiger partial charge is 0.377 e. The summed E-state index contributed by atoms with van der Waals surface area (Å²) in [6, 6.07) is 3.47. The van der Waals surface area contributed by atoms with E-state index >= 15 is 0 Å². The molecule has 1 rings (SSSR count). The number of hydrogen-bond acceptors (Lipinski definition) is 1. The zero-order valence-electron chi connectivity index (χ0n) is 8.42. The molecule has 0 aliphatic rings. The van der Waals surface area contributed by atoms with E-state index in [1.165, 1.54) is 0 Å². The summed E-state index contributed by atoms with van der Waals surface area (Å²) >= 11 is 0. The Balaban J connectivity index is 2.92. The monoisotopic (exact) mass is 183 g/mol. The summed E-state index contributed by atoms with van der Waals surface area (Å²) in [5.74, 6) is -0.173. The molecule has 1 heterocycles. The third-order valence-electron chi connectivity index (χ3n) is 1.95. The van der Waals surface area contributed by atoms with Gasteiger partial charge in [0.05, 0.1) is 11.8 Å². The molecule has 1 aromatic rings. The Morgan fingerprint density at radius 2 is 2.15 bits per heavy atom. The SMILES string of the molecule is CCC[n+]1ccc(N(C)C)cc1F. The van der Waals surface area contributed by atoms with E-state index in [0.29, 0.717) is 0 Å². The van der Waals surface area contributed by atoms with Gasteiger partial charge in [-0.15, -0.1) is 4.39 Å². The van der Waals surface area contributed by atoms with Gasteiger partial charge in [0.15, 0.2) is 12.7 Å². The van der Waals surface area contributed by atoms with Gasteiger partial charge in [0, 0.05) is 26.6 Å². The number of hydrogen-bond donors (Lipinski definition) is 0. The van der Waals surface area contributed by atoms with Crippen LogP contribution in [0.15, 0.2) is 18.3 Å². The first kappa shape index (κ1) is 9.96. The summed E-state index contributed by atoms with van der Waals surface area (Å²) in [6.45, 7) is 2.77. The Hall–Kier alpha value is -1.12. The van der Waals surface area contributed by atoms with Gasteiger partial charge >= 0.3 is 5.95 Å². The van der Waals surface area contributed by atoms with E-state index in [1.54, 1.807) is 16.8 Å². The van der Waals surface area contributed by atoms with Crippen LogP contribution >= 0.6 is 0 Å². The van der Waals surface area contributed by atoms with Crippen LogP contribution in [0.5, 0.6) is 0 Å². The molecule has 0 aromatic carbocycles. The van der Waals surface area contributed by atoms with Crippen LogP contribution in [0.2, 0.25) is 0 Å². The molecule has 0 spiro atoms. The predicted molar refractivity (Wildman–Crippen MR) is 51.2 cm³/mol. The number of halogens is 1. The molecule has 0 radical (unpaired) electrons. The molecule has 2 nitrogen and oxygen atoms in total. The second-order valence-electron chi connectivity index (χ2n) is 3.30. The summed E-state index contributed by atoms with van der Waals surface area (Å²) in [7, 11) is 3.80. The van der Waals surface area contributed by atoms with Gasteiger partial charge in [0.25, 0.3) is 0 Å². The van der Waals surface area contributed by atoms with Crippen molar-refractivity contribution in [2.24, 2.45) is 0 Å². The normalized spacial score (nSPS) is 10.2. The third kappa shape index (κ3) is 2.41. The highest BCUT2D eigenvalue weighted by Gasteiger charge is 2.09. The standard InChI is InChI=1S/C10H16FN2/c1-4-6-13-7-5-9(12(2)3)8-10(13)11/h5,7-8H,4,6H2,1-3H3/q+1. The van der Waals surface area contributed by atoms with E-state index in [1.807, 2.05) is 32.0 Å². The van der Waals surface area contributed by atoms with Crippen LogP contribution in [0, 0.1) is 5.95 Å². The Bertz CT molecular complexity index is 284. The van der Waals surface area contributed by atoms with Crippen molar-refractivity contribution < 1.29 is 8.96 Å². The van der Waals surface area contributed by atoms with Gasteiger partial charge in [-0.3, -0.25) is 0 Å². The van der Waals surface area contributed by atoms with E-state index in [9.17, 15) is 4.39 Å². The van der Waals surface area contributed by atoms with E-state index in [0.717, 1.165) is 18.7 Å². The molecule has 0 saturated heterocycles. The number of pyridine rings is 1. The number of aryl methyl sites for hydroxylation is 1. The highest BCUT2D eigenvalue weighted by atomic mass is 19.1. The lowest BCUT2D eigenvalue weighted by Crippen LogP contribution is -2.37. The van der Waals surface area contributed by atoms with Crippen molar-refractivity contribution in [1.29, 1.82) is 0 Å². The van der Waals surface area contributed by atoms with Gasteiger partial charge in [-0.2, -0.15) is 4.57 Å². The Morgan fingerprint density at radius 1 is 1.46 bits per heavy atom. The second-order valence-corrected chi connectivity index (χ2v) is 3.30. The highest BCUT2D eigenvalue weighted by molar-refractivity contribution is 5.41. The smallest absolute Gasteiger partial charge is 0.361 e. The topological polar surface area (TPSA) is 7.12 Å². The van der Waals surface area contributed by atoms with Crippen LogP contribution in [-0.4, -0.2) is 14.1 Å². The van der Waals surface area contributed by atoms with Gasteiger partial charge in [-0.05, 0) is 0 Å². The lowest BCUT2D eigenvalue weighted by Gasteiger charge is -2.10. The molecular formula is C10H16FN2+. The quantitative estimate of drug-likeness (QED) is 0.510. The van der Waals surface area contributed by atoms with Gasteiger partial charge in [-0.1, -0.05) is 6.92 Å². The molecule has 0 atom stereocenters. The fourth-order valence-electron chi connectivity index (χ4n) is 1.19. The van der Waals surface area contributed by atoms with Crippen LogP contribution in [0.4, 0.5) is 10.1 Å². The molecule has 0 bridgehead atoms. The van der Waals surface area contributed by atoms with Crippen LogP contribution in [0.3, 0.4) is 0 Å². The lowest BCUT2D eigenvalue weighted by molar-refractivity contribution is -0.723. The first-order chi connectivity index (χ1) is 6.15. The summed E-state index contributed by atoms with van der Waals surface area (Å²) in [5, 5.41) is 0. The minimum absolute atomic E-state index is 0.173. The number of aromatic nitrogens is 1. The van der Waals surface area contributed by atoms with Crippen LogP contribution < -0.4 is 9.47 Å². The molecule has 0 amide bonds. The zero-order valence-corrected chi connectivity index (χ0v) is 8.42. The van der Waals surface area contributed by atoms with Gasteiger partial charge in [0.2, 0.25) is 0 Å². The number of rotatable bonds is 3. The average molecular weight is 183 g/mol. The van der Waals surface area contributed by atoms with E-state index in [2.05, 4.69) is 0 Å². The Labute approximate surface area is 78.6 Å². The number of anilines is 1. The molecule has 13 heavy (non-hydrogen) atoms. The van der Waals surface area contributed by atoms with E-state index in [-0.39, 0.29) is 5.95 Å². The lowest BCUT2D eigenvalue weighted by atomic mass is 10.3. The van der Waals surface area contributed by atoms with Crippen LogP contribution in [0.1, 0.15) is 13.3 Å². The molecule has 0 N–H and O–H groups in total. The maximum atomic E-state index is 13.3. The number of nitrogens with zero attached hydrogens (tertiary/aromatic N) is 2. The van der Waals surface area contributed by atoms with Crippen molar-refractivity contribution >= 4 is 5.69 Å². The average Bonchev–Trinajstić information content (AvgIpc) is 2.08. The minimum Gasteiger partial charge on any atom is -0.377 e. The summed E-state index contributed by atoms with van der Waals surface area (Å²) < 4.78 is 15.0. The zero-order chi connectivity index (χ0) is 9.84. The molecule has 1 aromatic heterocycles. The first-order valence-electron chi connectivity index (χ1n) is 4.51. The minimum atomic E-state index is -0.173. The maximum Gasteiger partial charge on any atom is 0.361 e. The Morgan fingerprint density at radius 3 is 2.62 bits per heavy atom. The molecule has 72 valence electrons. The molecule has 0 fully saturated rings. The fraction of sp³-hybridized carbons (Fsp3) is 0.500. The van der Waals surface area contributed by atoms with Crippen molar-refractivity contribution in [2.45, 2.75) is 19.9 Å². The van der Waals surface area contributed by atoms with Crippen molar-refractivity contribution in [2.75, 3.05) is 19.0 Å². The van der Waals surface area contributed by atoms with Crippen molar-refractivity contribution in [3.8, 4) is 0 Å². The maximum absolute atomic E-state index is 13.3. The van der Waals surface area contributed by atoms with Gasteiger partial charge in [0.1, 0.15) is 0 Å². The second kappa shape index (κ2) is 4.21. The molecular weight excluding hydrogens is 167 g/mol. The third-order valence-corrected chi connectivity index (χ3v) is 1.95. The van der Waals surface area contributed by atoms with Gasteiger partial charge < -0.3 is 4.90 Å². The Kier molecular flexibility index (Phi) is 3.23. The summed E-state index contributed by atoms with van der Waals surface area (Å²) in [5.41, 5.74) is 0.893. The van der Waals surface area contributed by atoms with Crippen molar-refractivity contribution in [3.05, 3.63) is 24.3 Å². The van der Waals surface area contributed by atoms with E-state index < -0.39 is 0 Å². The molecule has 0 unspecified atom stereocenters. The molecule has 0 aliphatic carbocycles. The predicted octanol–water partition coefficient (Wildman–Crippen LogP) is 1.59. The molecule has 3 heteroatoms. The van der Waals surface area contributed by atoms with Crippen molar-refractivity contribution in [1.82, 2.24) is 0 Å². The van der Waals surface area contributed by atoms with Crippen molar-refractivity contribution in [3.63, 3.8) is 0 Å². The molecule has 0 aliphatic heterocycles. The van der Waals surface area contributed by atoms with Gasteiger partial charge in [-0.25, -0.2) is 0 Å². The summed E-state index contributed by atoms with van der Waals surface area (Å²) in [6.07, 6.45) is 2.73. The fourth-order valence-corrected chi connectivity index (χ4v) is 1.19.